The van der Waals surface area contributed by atoms with Crippen molar-refractivity contribution in [2.75, 3.05) is 0 Å². The molecule has 2 heterocycles. The first kappa shape index (κ1) is 22.5. The highest BCUT2D eigenvalue weighted by molar-refractivity contribution is 6.27. The molecule has 1 aliphatic rings. The van der Waals surface area contributed by atoms with Crippen molar-refractivity contribution >= 4 is 59.6 Å². The summed E-state index contributed by atoms with van der Waals surface area (Å²) in [4.78, 5) is 0. The molecule has 0 amide bonds. The first-order valence-electron chi connectivity index (χ1n) is 14.9. The van der Waals surface area contributed by atoms with E-state index in [2.05, 4.69) is 146 Å². The Morgan fingerprint density at radius 3 is 1.57 bits per heavy atom. The molecule has 9 aromatic rings. The van der Waals surface area contributed by atoms with Gasteiger partial charge >= 0.3 is 0 Å². The maximum absolute atomic E-state index is 2.52. The highest BCUT2D eigenvalue weighted by atomic mass is 14.9. The summed E-state index contributed by atoms with van der Waals surface area (Å²) in [7, 11) is 0. The molecular weight excluding hydrogens is 506 g/mol. The lowest BCUT2D eigenvalue weighted by Gasteiger charge is -2.21. The second kappa shape index (κ2) is 7.57. The Morgan fingerprint density at radius 1 is 0.452 bits per heavy atom. The summed E-state index contributed by atoms with van der Waals surface area (Å²) < 4.78 is 2.52. The van der Waals surface area contributed by atoms with Crippen LogP contribution >= 0.6 is 0 Å². The van der Waals surface area contributed by atoms with Crippen molar-refractivity contribution in [3.63, 3.8) is 0 Å². The number of rotatable bonds is 1. The third-order valence-corrected chi connectivity index (χ3v) is 10.0. The maximum Gasteiger partial charge on any atom is 0.0620 e. The Kier molecular flexibility index (Phi) is 4.06. The fourth-order valence-electron chi connectivity index (χ4n) is 8.07. The number of aromatic nitrogens is 1. The molecule has 42 heavy (non-hydrogen) atoms. The van der Waals surface area contributed by atoms with Crippen LogP contribution in [0.25, 0.3) is 81.9 Å². The van der Waals surface area contributed by atoms with E-state index in [-0.39, 0.29) is 5.41 Å². The Morgan fingerprint density at radius 2 is 0.952 bits per heavy atom. The van der Waals surface area contributed by atoms with E-state index < -0.39 is 0 Å². The molecule has 1 nitrogen and oxygen atoms in total. The van der Waals surface area contributed by atoms with Crippen LogP contribution in [0.2, 0.25) is 0 Å². The van der Waals surface area contributed by atoms with Crippen LogP contribution in [0.15, 0.2) is 127 Å². The normalized spacial score (nSPS) is 14.1. The molecule has 1 aliphatic carbocycles. The van der Waals surface area contributed by atoms with Gasteiger partial charge in [-0.05, 0) is 91.3 Å². The molecule has 0 saturated heterocycles. The maximum atomic E-state index is 2.52. The van der Waals surface area contributed by atoms with E-state index in [4.69, 9.17) is 0 Å². The number of hydrogen-bond donors (Lipinski definition) is 0. The molecule has 0 saturated carbocycles. The fourth-order valence-corrected chi connectivity index (χ4v) is 8.07. The molecule has 0 N–H and O–H groups in total. The summed E-state index contributed by atoms with van der Waals surface area (Å²) in [6.07, 6.45) is 0. The highest BCUT2D eigenvalue weighted by Gasteiger charge is 2.36. The van der Waals surface area contributed by atoms with Crippen LogP contribution in [0.1, 0.15) is 25.0 Å². The smallest absolute Gasteiger partial charge is 0.0620 e. The van der Waals surface area contributed by atoms with E-state index in [1.165, 1.54) is 93.0 Å². The minimum atomic E-state index is -0.0245. The van der Waals surface area contributed by atoms with Gasteiger partial charge in [0.1, 0.15) is 0 Å². The molecule has 0 aliphatic heterocycles. The third-order valence-electron chi connectivity index (χ3n) is 10.0. The summed E-state index contributed by atoms with van der Waals surface area (Å²) in [5.41, 5.74) is 12.0. The topological polar surface area (TPSA) is 4.41 Å². The average Bonchev–Trinajstić information content (AvgIpc) is 3.60. The van der Waals surface area contributed by atoms with E-state index in [9.17, 15) is 0 Å². The summed E-state index contributed by atoms with van der Waals surface area (Å²) in [6.45, 7) is 4.73. The molecule has 0 atom stereocenters. The summed E-state index contributed by atoms with van der Waals surface area (Å²) in [5.74, 6) is 0. The van der Waals surface area contributed by atoms with Crippen LogP contribution in [0, 0.1) is 0 Å². The molecule has 1 heteroatoms. The molecular formula is C41H27N. The van der Waals surface area contributed by atoms with Gasteiger partial charge in [-0.15, -0.1) is 0 Å². The average molecular weight is 534 g/mol. The highest BCUT2D eigenvalue weighted by Crippen LogP contribution is 2.53. The molecule has 10 rings (SSSR count). The van der Waals surface area contributed by atoms with Gasteiger partial charge in [-0.3, -0.25) is 0 Å². The lowest BCUT2D eigenvalue weighted by molar-refractivity contribution is 0.660. The minimum Gasteiger partial charge on any atom is -0.308 e. The Hall–Kier alpha value is -5.14. The van der Waals surface area contributed by atoms with E-state index in [0.717, 1.165) is 0 Å². The lowest BCUT2D eigenvalue weighted by Crippen LogP contribution is -2.14. The van der Waals surface area contributed by atoms with Gasteiger partial charge in [0, 0.05) is 27.0 Å². The van der Waals surface area contributed by atoms with Gasteiger partial charge in [0.05, 0.1) is 16.6 Å². The fraction of sp³-hybridized carbons (Fsp3) is 0.0732. The number of hydrogen-bond acceptors (Lipinski definition) is 0. The van der Waals surface area contributed by atoms with Crippen molar-refractivity contribution in [3.8, 4) is 22.3 Å². The van der Waals surface area contributed by atoms with Gasteiger partial charge in [-0.25, -0.2) is 0 Å². The largest absolute Gasteiger partial charge is 0.308 e. The van der Waals surface area contributed by atoms with Gasteiger partial charge in [-0.1, -0.05) is 105 Å². The van der Waals surface area contributed by atoms with Crippen molar-refractivity contribution in [1.29, 1.82) is 0 Å². The number of nitrogens with zero attached hydrogens (tertiary/aromatic N) is 1. The number of fused-ring (bicyclic) bond motifs is 11. The lowest BCUT2D eigenvalue weighted by atomic mass is 9.82. The van der Waals surface area contributed by atoms with Crippen LogP contribution in [-0.2, 0) is 5.41 Å². The Balaban J connectivity index is 1.40. The van der Waals surface area contributed by atoms with Crippen molar-refractivity contribution in [1.82, 2.24) is 4.40 Å². The second-order valence-corrected chi connectivity index (χ2v) is 12.6. The first-order valence-corrected chi connectivity index (χ1v) is 14.9. The minimum absolute atomic E-state index is 0.0245. The van der Waals surface area contributed by atoms with Gasteiger partial charge in [-0.2, -0.15) is 0 Å². The summed E-state index contributed by atoms with van der Waals surface area (Å²) in [6, 6.07) is 47.9. The predicted octanol–water partition coefficient (Wildman–Crippen LogP) is 11.1. The van der Waals surface area contributed by atoms with Gasteiger partial charge in [0.25, 0.3) is 0 Å². The quantitative estimate of drug-likeness (QED) is 0.198. The van der Waals surface area contributed by atoms with Gasteiger partial charge in [0.2, 0.25) is 0 Å². The van der Waals surface area contributed by atoms with Crippen LogP contribution < -0.4 is 0 Å². The van der Waals surface area contributed by atoms with Crippen molar-refractivity contribution < 1.29 is 0 Å². The molecule has 0 radical (unpaired) electrons. The molecule has 7 aromatic carbocycles. The SMILES string of the molecule is CC1(C)c2ccccc2-c2c(-c3cc4c5cc6ccccc6cc5n5c6cc7ccccc7cc6c(c3)c45)cccc21. The number of benzene rings is 7. The summed E-state index contributed by atoms with van der Waals surface area (Å²) in [5, 5.41) is 10.4. The second-order valence-electron chi connectivity index (χ2n) is 12.6. The summed E-state index contributed by atoms with van der Waals surface area (Å²) >= 11 is 0. The van der Waals surface area contributed by atoms with Crippen LogP contribution in [0.4, 0.5) is 0 Å². The molecule has 0 fully saturated rings. The van der Waals surface area contributed by atoms with E-state index in [1.54, 1.807) is 0 Å². The first-order chi connectivity index (χ1) is 20.6. The molecule has 0 spiro atoms. The zero-order valence-electron chi connectivity index (χ0n) is 23.6. The van der Waals surface area contributed by atoms with E-state index >= 15 is 0 Å². The zero-order chi connectivity index (χ0) is 27.7. The van der Waals surface area contributed by atoms with Crippen LogP contribution in [-0.4, -0.2) is 4.40 Å². The molecule has 196 valence electrons. The monoisotopic (exact) mass is 533 g/mol. The van der Waals surface area contributed by atoms with Crippen molar-refractivity contribution in [2.45, 2.75) is 19.3 Å². The Bertz CT molecular complexity index is 2470. The Labute approximate surface area is 243 Å². The molecule has 2 aromatic heterocycles. The van der Waals surface area contributed by atoms with Gasteiger partial charge < -0.3 is 4.40 Å². The van der Waals surface area contributed by atoms with Crippen molar-refractivity contribution in [3.05, 3.63) is 139 Å². The predicted molar refractivity (Wildman–Crippen MR) is 179 cm³/mol. The van der Waals surface area contributed by atoms with Gasteiger partial charge in [0.15, 0.2) is 0 Å². The standard InChI is InChI=1S/C41H27N/c1-41(2)35-16-8-7-14-30(35)39-29(15-9-17-36(39)41)28-20-33-31-18-24-10-3-5-12-26(24)22-37(31)42-38-23-27-13-6-4-11-25(27)19-32(38)34(21-28)40(33)42/h3-23H,1-2H3. The van der Waals surface area contributed by atoms with E-state index in [0.29, 0.717) is 0 Å². The third kappa shape index (κ3) is 2.69. The van der Waals surface area contributed by atoms with Crippen LogP contribution in [0.3, 0.4) is 0 Å². The van der Waals surface area contributed by atoms with Crippen LogP contribution in [0.5, 0.6) is 0 Å². The van der Waals surface area contributed by atoms with Crippen molar-refractivity contribution in [2.24, 2.45) is 0 Å². The molecule has 0 bridgehead atoms. The zero-order valence-corrected chi connectivity index (χ0v) is 23.6. The molecule has 0 unspecified atom stereocenters. The van der Waals surface area contributed by atoms with E-state index in [1.807, 2.05) is 0 Å².